The summed E-state index contributed by atoms with van der Waals surface area (Å²) in [5.74, 6) is -1.30. The smallest absolute Gasteiger partial charge is 0.257 e. The molecule has 0 saturated carbocycles. The Morgan fingerprint density at radius 3 is 2.45 bits per heavy atom. The fourth-order valence-electron chi connectivity index (χ4n) is 1.84. The van der Waals surface area contributed by atoms with Gasteiger partial charge in [-0.15, -0.1) is 0 Å². The maximum atomic E-state index is 13.8. The summed E-state index contributed by atoms with van der Waals surface area (Å²) in [6.45, 7) is 6.00. The Bertz CT molecular complexity index is 600. The monoisotopic (exact) mass is 302 g/mol. The first-order valence-electron chi connectivity index (χ1n) is 6.31. The second-order valence-electron chi connectivity index (χ2n) is 4.78. The highest BCUT2D eigenvalue weighted by atomic mass is 32.2. The number of rotatable bonds is 5. The number of hydrogen-bond acceptors (Lipinski definition) is 3. The molecule has 0 fully saturated rings. The van der Waals surface area contributed by atoms with Crippen LogP contribution in [0.2, 0.25) is 0 Å². The number of primary sulfonamides is 1. The molecule has 0 aliphatic carbocycles. The topological polar surface area (TPSA) is 80.5 Å². The van der Waals surface area contributed by atoms with E-state index in [4.69, 9.17) is 5.14 Å². The van der Waals surface area contributed by atoms with Crippen LogP contribution in [0.4, 0.5) is 4.39 Å². The molecule has 20 heavy (non-hydrogen) atoms. The summed E-state index contributed by atoms with van der Waals surface area (Å²) in [4.78, 5) is 13.5. The van der Waals surface area contributed by atoms with Crippen molar-refractivity contribution < 1.29 is 17.6 Å². The fraction of sp³-hybridized carbons (Fsp3) is 0.462. The van der Waals surface area contributed by atoms with Crippen LogP contribution in [0.5, 0.6) is 0 Å². The second-order valence-corrected chi connectivity index (χ2v) is 6.34. The number of sulfonamides is 1. The van der Waals surface area contributed by atoms with E-state index in [0.29, 0.717) is 6.54 Å². The van der Waals surface area contributed by atoms with Crippen LogP contribution in [0.15, 0.2) is 23.1 Å². The number of carbonyl (C=O) groups excluding carboxylic acids is 1. The van der Waals surface area contributed by atoms with Gasteiger partial charge in [0.2, 0.25) is 10.0 Å². The molecule has 1 aromatic rings. The minimum atomic E-state index is -3.97. The molecule has 0 radical (unpaired) electrons. The summed E-state index contributed by atoms with van der Waals surface area (Å²) in [6, 6.07) is 2.86. The zero-order chi connectivity index (χ0) is 15.5. The van der Waals surface area contributed by atoms with Crippen LogP contribution >= 0.6 is 0 Å². The Morgan fingerprint density at radius 1 is 1.40 bits per heavy atom. The van der Waals surface area contributed by atoms with Crippen LogP contribution in [-0.2, 0) is 10.0 Å². The second kappa shape index (κ2) is 6.32. The molecule has 5 nitrogen and oxygen atoms in total. The number of benzene rings is 1. The van der Waals surface area contributed by atoms with E-state index in [1.807, 2.05) is 20.8 Å². The molecule has 0 bridgehead atoms. The molecular formula is C13H19FN2O3S. The summed E-state index contributed by atoms with van der Waals surface area (Å²) in [6.07, 6.45) is 0.723. The van der Waals surface area contributed by atoms with E-state index in [1.54, 1.807) is 0 Å². The Balaban J connectivity index is 3.27. The number of nitrogens with two attached hydrogens (primary N) is 1. The predicted octanol–water partition coefficient (Wildman–Crippen LogP) is 1.73. The van der Waals surface area contributed by atoms with Crippen LogP contribution in [-0.4, -0.2) is 31.8 Å². The quantitative estimate of drug-likeness (QED) is 0.899. The van der Waals surface area contributed by atoms with Gasteiger partial charge in [-0.2, -0.15) is 0 Å². The van der Waals surface area contributed by atoms with Gasteiger partial charge in [0.25, 0.3) is 5.91 Å². The summed E-state index contributed by atoms with van der Waals surface area (Å²) in [5, 5.41) is 5.00. The van der Waals surface area contributed by atoms with Gasteiger partial charge >= 0.3 is 0 Å². The largest absolute Gasteiger partial charge is 0.336 e. The molecule has 0 aliphatic heterocycles. The summed E-state index contributed by atoms with van der Waals surface area (Å²) in [5.41, 5.74) is -0.279. The molecule has 2 N–H and O–H groups in total. The lowest BCUT2D eigenvalue weighted by atomic mass is 10.1. The van der Waals surface area contributed by atoms with Crippen molar-refractivity contribution in [2.24, 2.45) is 5.14 Å². The minimum Gasteiger partial charge on any atom is -0.336 e. The van der Waals surface area contributed by atoms with Crippen molar-refractivity contribution in [3.8, 4) is 0 Å². The molecule has 1 amide bonds. The van der Waals surface area contributed by atoms with Crippen LogP contribution in [0.25, 0.3) is 0 Å². The molecule has 1 rings (SSSR count). The van der Waals surface area contributed by atoms with Crippen molar-refractivity contribution in [3.05, 3.63) is 29.6 Å². The highest BCUT2D eigenvalue weighted by Gasteiger charge is 2.23. The van der Waals surface area contributed by atoms with E-state index in [-0.39, 0.29) is 16.5 Å². The normalized spacial score (nSPS) is 11.7. The van der Waals surface area contributed by atoms with Crippen LogP contribution in [0, 0.1) is 5.82 Å². The number of carbonyl (C=O) groups is 1. The zero-order valence-corrected chi connectivity index (χ0v) is 12.6. The van der Waals surface area contributed by atoms with Gasteiger partial charge in [0.05, 0.1) is 10.5 Å². The number of hydrogen-bond donors (Lipinski definition) is 1. The van der Waals surface area contributed by atoms with Crippen LogP contribution in [0.1, 0.15) is 37.6 Å². The molecule has 0 saturated heterocycles. The van der Waals surface area contributed by atoms with Crippen molar-refractivity contribution in [1.29, 1.82) is 0 Å². The summed E-state index contributed by atoms with van der Waals surface area (Å²) < 4.78 is 36.3. The third kappa shape index (κ3) is 3.77. The lowest BCUT2D eigenvalue weighted by molar-refractivity contribution is 0.0701. The SMILES string of the molecule is CCCN(C(=O)c1cc(S(N)(=O)=O)ccc1F)C(C)C. The lowest BCUT2D eigenvalue weighted by Gasteiger charge is -2.26. The summed E-state index contributed by atoms with van der Waals surface area (Å²) >= 11 is 0. The predicted molar refractivity (Wildman–Crippen MR) is 74.2 cm³/mol. The standard InChI is InChI=1S/C13H19FN2O3S/c1-4-7-16(9(2)3)13(17)11-8-10(20(15,18)19)5-6-12(11)14/h5-6,8-9H,4,7H2,1-3H3,(H2,15,18,19). The van der Waals surface area contributed by atoms with Gasteiger partial charge in [0, 0.05) is 12.6 Å². The van der Waals surface area contributed by atoms with E-state index < -0.39 is 21.7 Å². The average Bonchev–Trinajstić information content (AvgIpc) is 2.34. The molecule has 0 spiro atoms. The van der Waals surface area contributed by atoms with E-state index >= 15 is 0 Å². The highest BCUT2D eigenvalue weighted by molar-refractivity contribution is 7.89. The number of nitrogens with zero attached hydrogens (tertiary/aromatic N) is 1. The zero-order valence-electron chi connectivity index (χ0n) is 11.8. The van der Waals surface area contributed by atoms with Gasteiger partial charge in [-0.3, -0.25) is 4.79 Å². The van der Waals surface area contributed by atoms with E-state index in [0.717, 1.165) is 24.6 Å². The van der Waals surface area contributed by atoms with Gasteiger partial charge in [0.15, 0.2) is 0 Å². The Hall–Kier alpha value is -1.47. The molecule has 7 heteroatoms. The van der Waals surface area contributed by atoms with Crippen LogP contribution in [0.3, 0.4) is 0 Å². The first-order valence-corrected chi connectivity index (χ1v) is 7.86. The van der Waals surface area contributed by atoms with E-state index in [2.05, 4.69) is 0 Å². The van der Waals surface area contributed by atoms with E-state index in [1.165, 1.54) is 4.90 Å². The first-order chi connectivity index (χ1) is 9.18. The average molecular weight is 302 g/mol. The van der Waals surface area contributed by atoms with Crippen molar-refractivity contribution in [2.45, 2.75) is 38.1 Å². The summed E-state index contributed by atoms with van der Waals surface area (Å²) in [7, 11) is -3.97. The van der Waals surface area contributed by atoms with Gasteiger partial charge < -0.3 is 4.90 Å². The van der Waals surface area contributed by atoms with Crippen molar-refractivity contribution in [2.75, 3.05) is 6.54 Å². The molecule has 1 aromatic carbocycles. The van der Waals surface area contributed by atoms with Gasteiger partial charge in [-0.05, 0) is 38.5 Å². The maximum Gasteiger partial charge on any atom is 0.257 e. The third-order valence-corrected chi connectivity index (χ3v) is 3.76. The minimum absolute atomic E-state index is 0.111. The molecule has 0 heterocycles. The van der Waals surface area contributed by atoms with Crippen molar-refractivity contribution in [1.82, 2.24) is 4.90 Å². The van der Waals surface area contributed by atoms with Crippen molar-refractivity contribution >= 4 is 15.9 Å². The molecule has 112 valence electrons. The number of halogens is 1. The highest BCUT2D eigenvalue weighted by Crippen LogP contribution is 2.17. The molecule has 0 atom stereocenters. The molecule has 0 unspecified atom stereocenters. The van der Waals surface area contributed by atoms with E-state index in [9.17, 15) is 17.6 Å². The Labute approximate surface area is 118 Å². The van der Waals surface area contributed by atoms with Gasteiger partial charge in [-0.1, -0.05) is 6.92 Å². The van der Waals surface area contributed by atoms with Crippen molar-refractivity contribution in [3.63, 3.8) is 0 Å². The maximum absolute atomic E-state index is 13.8. The Kier molecular flexibility index (Phi) is 5.24. The number of amides is 1. The van der Waals surface area contributed by atoms with Gasteiger partial charge in [0.1, 0.15) is 5.82 Å². The molecule has 0 aromatic heterocycles. The fourth-order valence-corrected chi connectivity index (χ4v) is 2.37. The molecular weight excluding hydrogens is 283 g/mol. The van der Waals surface area contributed by atoms with Crippen LogP contribution < -0.4 is 5.14 Å². The molecule has 0 aliphatic rings. The first kappa shape index (κ1) is 16.6. The lowest BCUT2D eigenvalue weighted by Crippen LogP contribution is -2.38. The van der Waals surface area contributed by atoms with Gasteiger partial charge in [-0.25, -0.2) is 17.9 Å². The Morgan fingerprint density at radius 2 is 2.00 bits per heavy atom. The third-order valence-electron chi connectivity index (χ3n) is 2.85.